The standard InChI is InChI=1S/C10H10F4O/c11-6-5-8-1-3-9(4-2-8)15-7-10(12,13)14/h1-4H,5-7H2. The molecule has 1 rings (SSSR count). The topological polar surface area (TPSA) is 9.23 Å². The maximum absolute atomic E-state index is 11.9. The highest BCUT2D eigenvalue weighted by atomic mass is 19.4. The lowest BCUT2D eigenvalue weighted by molar-refractivity contribution is -0.153. The van der Waals surface area contributed by atoms with Crippen molar-refractivity contribution in [2.24, 2.45) is 0 Å². The molecule has 0 saturated carbocycles. The molecule has 0 radical (unpaired) electrons. The van der Waals surface area contributed by atoms with Gasteiger partial charge in [-0.05, 0) is 17.7 Å². The Hall–Kier alpha value is -1.26. The summed E-state index contributed by atoms with van der Waals surface area (Å²) in [6.07, 6.45) is -4.07. The van der Waals surface area contributed by atoms with Gasteiger partial charge in [-0.3, -0.25) is 4.39 Å². The largest absolute Gasteiger partial charge is 0.484 e. The number of ether oxygens (including phenoxy) is 1. The van der Waals surface area contributed by atoms with Crippen molar-refractivity contribution in [2.45, 2.75) is 12.6 Å². The normalized spacial score (nSPS) is 11.5. The number of halogens is 4. The van der Waals surface area contributed by atoms with Gasteiger partial charge in [-0.15, -0.1) is 0 Å². The molecule has 0 aliphatic carbocycles. The highest BCUT2D eigenvalue weighted by Crippen LogP contribution is 2.18. The van der Waals surface area contributed by atoms with E-state index in [9.17, 15) is 17.6 Å². The van der Waals surface area contributed by atoms with E-state index in [4.69, 9.17) is 0 Å². The van der Waals surface area contributed by atoms with Gasteiger partial charge in [0.05, 0.1) is 6.67 Å². The van der Waals surface area contributed by atoms with Crippen molar-refractivity contribution in [3.05, 3.63) is 29.8 Å². The van der Waals surface area contributed by atoms with Gasteiger partial charge in [0.15, 0.2) is 6.61 Å². The van der Waals surface area contributed by atoms with Crippen molar-refractivity contribution in [3.63, 3.8) is 0 Å². The molecule has 5 heteroatoms. The quantitative estimate of drug-likeness (QED) is 0.711. The number of rotatable bonds is 4. The van der Waals surface area contributed by atoms with Crippen LogP contribution in [0.2, 0.25) is 0 Å². The van der Waals surface area contributed by atoms with Crippen LogP contribution in [0.25, 0.3) is 0 Å². The zero-order valence-electron chi connectivity index (χ0n) is 7.85. The van der Waals surface area contributed by atoms with E-state index in [1.54, 1.807) is 12.1 Å². The summed E-state index contributed by atoms with van der Waals surface area (Å²) in [5, 5.41) is 0. The van der Waals surface area contributed by atoms with Crippen molar-refractivity contribution in [1.29, 1.82) is 0 Å². The summed E-state index contributed by atoms with van der Waals surface area (Å²) >= 11 is 0. The van der Waals surface area contributed by atoms with Gasteiger partial charge in [0.25, 0.3) is 0 Å². The van der Waals surface area contributed by atoms with E-state index in [0.717, 1.165) is 5.56 Å². The Balaban J connectivity index is 2.50. The molecule has 0 aliphatic heterocycles. The first-order valence-corrected chi connectivity index (χ1v) is 4.36. The fraction of sp³-hybridized carbons (Fsp3) is 0.400. The molecule has 15 heavy (non-hydrogen) atoms. The van der Waals surface area contributed by atoms with Gasteiger partial charge in [-0.2, -0.15) is 13.2 Å². The minimum absolute atomic E-state index is 0.134. The predicted molar refractivity (Wildman–Crippen MR) is 47.7 cm³/mol. The molecule has 0 N–H and O–H groups in total. The Bertz CT molecular complexity index is 291. The summed E-state index contributed by atoms with van der Waals surface area (Å²) < 4.78 is 51.7. The maximum Gasteiger partial charge on any atom is 0.422 e. The second kappa shape index (κ2) is 5.00. The fourth-order valence-electron chi connectivity index (χ4n) is 1.03. The lowest BCUT2D eigenvalue weighted by Gasteiger charge is -2.09. The third kappa shape index (κ3) is 4.67. The third-order valence-electron chi connectivity index (χ3n) is 1.71. The Morgan fingerprint density at radius 1 is 1.07 bits per heavy atom. The van der Waals surface area contributed by atoms with Gasteiger partial charge >= 0.3 is 6.18 Å². The van der Waals surface area contributed by atoms with E-state index < -0.39 is 19.5 Å². The number of aryl methyl sites for hydroxylation is 1. The highest BCUT2D eigenvalue weighted by Gasteiger charge is 2.28. The molecular formula is C10H10F4O. The molecule has 0 heterocycles. The molecule has 1 nitrogen and oxygen atoms in total. The molecule has 0 aliphatic rings. The number of benzene rings is 1. The SMILES string of the molecule is FCCc1ccc(OCC(F)(F)F)cc1. The van der Waals surface area contributed by atoms with Crippen LogP contribution in [-0.4, -0.2) is 19.5 Å². The second-order valence-corrected chi connectivity index (χ2v) is 2.99. The molecule has 1 aromatic rings. The van der Waals surface area contributed by atoms with Crippen molar-refractivity contribution in [3.8, 4) is 5.75 Å². The second-order valence-electron chi connectivity index (χ2n) is 2.99. The Labute approximate surface area is 84.7 Å². The average Bonchev–Trinajstić information content (AvgIpc) is 2.16. The van der Waals surface area contributed by atoms with Gasteiger partial charge in [-0.1, -0.05) is 12.1 Å². The van der Waals surface area contributed by atoms with Gasteiger partial charge in [0, 0.05) is 6.42 Å². The molecule has 0 aromatic heterocycles. The van der Waals surface area contributed by atoms with Gasteiger partial charge in [0.1, 0.15) is 5.75 Å². The Morgan fingerprint density at radius 3 is 2.13 bits per heavy atom. The summed E-state index contributed by atoms with van der Waals surface area (Å²) in [7, 11) is 0. The summed E-state index contributed by atoms with van der Waals surface area (Å²) in [6, 6.07) is 5.89. The highest BCUT2D eigenvalue weighted by molar-refractivity contribution is 5.27. The van der Waals surface area contributed by atoms with E-state index in [1.807, 2.05) is 0 Å². The molecule has 0 bridgehead atoms. The minimum atomic E-state index is -4.34. The maximum atomic E-state index is 11.9. The van der Waals surface area contributed by atoms with Crippen LogP contribution in [0.4, 0.5) is 17.6 Å². The van der Waals surface area contributed by atoms with Crippen LogP contribution < -0.4 is 4.74 Å². The van der Waals surface area contributed by atoms with E-state index in [-0.39, 0.29) is 12.2 Å². The number of hydrogen-bond donors (Lipinski definition) is 0. The first-order chi connectivity index (χ1) is 7.01. The summed E-state index contributed by atoms with van der Waals surface area (Å²) in [6.45, 7) is -1.79. The summed E-state index contributed by atoms with van der Waals surface area (Å²) in [4.78, 5) is 0. The van der Waals surface area contributed by atoms with Crippen molar-refractivity contribution in [2.75, 3.05) is 13.3 Å². The van der Waals surface area contributed by atoms with E-state index in [2.05, 4.69) is 4.74 Å². The average molecular weight is 222 g/mol. The number of alkyl halides is 4. The van der Waals surface area contributed by atoms with Gasteiger partial charge in [0.2, 0.25) is 0 Å². The summed E-state index contributed by atoms with van der Waals surface area (Å²) in [5.74, 6) is 0.134. The minimum Gasteiger partial charge on any atom is -0.484 e. The molecule has 0 saturated heterocycles. The fourth-order valence-corrected chi connectivity index (χ4v) is 1.03. The zero-order valence-corrected chi connectivity index (χ0v) is 7.85. The van der Waals surface area contributed by atoms with E-state index in [0.29, 0.717) is 0 Å². The molecule has 84 valence electrons. The van der Waals surface area contributed by atoms with Crippen LogP contribution in [0.15, 0.2) is 24.3 Å². The molecular weight excluding hydrogens is 212 g/mol. The first-order valence-electron chi connectivity index (χ1n) is 4.36. The third-order valence-corrected chi connectivity index (χ3v) is 1.71. The lowest BCUT2D eigenvalue weighted by atomic mass is 10.2. The number of hydrogen-bond acceptors (Lipinski definition) is 1. The van der Waals surface area contributed by atoms with Crippen LogP contribution in [0.1, 0.15) is 5.56 Å². The predicted octanol–water partition coefficient (Wildman–Crippen LogP) is 3.14. The Morgan fingerprint density at radius 2 is 1.67 bits per heavy atom. The lowest BCUT2D eigenvalue weighted by Crippen LogP contribution is -2.19. The van der Waals surface area contributed by atoms with Crippen LogP contribution in [0.5, 0.6) is 5.75 Å². The van der Waals surface area contributed by atoms with Crippen molar-refractivity contribution >= 4 is 0 Å². The Kier molecular flexibility index (Phi) is 3.94. The monoisotopic (exact) mass is 222 g/mol. The molecule has 0 atom stereocenters. The van der Waals surface area contributed by atoms with Gasteiger partial charge < -0.3 is 4.74 Å². The first kappa shape index (κ1) is 11.8. The molecule has 0 fully saturated rings. The smallest absolute Gasteiger partial charge is 0.422 e. The van der Waals surface area contributed by atoms with Crippen molar-refractivity contribution < 1.29 is 22.3 Å². The molecule has 0 amide bonds. The molecule has 0 unspecified atom stereocenters. The van der Waals surface area contributed by atoms with Crippen LogP contribution in [0.3, 0.4) is 0 Å². The molecule has 1 aromatic carbocycles. The summed E-state index contributed by atoms with van der Waals surface area (Å²) in [5.41, 5.74) is 0.733. The van der Waals surface area contributed by atoms with E-state index >= 15 is 0 Å². The van der Waals surface area contributed by atoms with Crippen LogP contribution in [0, 0.1) is 0 Å². The zero-order chi connectivity index (χ0) is 11.3. The van der Waals surface area contributed by atoms with Gasteiger partial charge in [-0.25, -0.2) is 0 Å². The van der Waals surface area contributed by atoms with E-state index in [1.165, 1.54) is 12.1 Å². The van der Waals surface area contributed by atoms with Crippen LogP contribution in [-0.2, 0) is 6.42 Å². The van der Waals surface area contributed by atoms with Crippen LogP contribution >= 0.6 is 0 Å². The van der Waals surface area contributed by atoms with Crippen molar-refractivity contribution in [1.82, 2.24) is 0 Å². The molecule has 0 spiro atoms.